The Morgan fingerprint density at radius 2 is 1.78 bits per heavy atom. The van der Waals surface area contributed by atoms with E-state index in [1.807, 2.05) is 26.0 Å². The molecule has 1 atom stereocenters. The topological polar surface area (TPSA) is 101 Å². The van der Waals surface area contributed by atoms with Crippen LogP contribution < -0.4 is 15.8 Å². The average molecular weight is 412 g/mol. The number of carbonyl (C=O) groups is 1. The number of amides is 1. The zero-order valence-corrected chi connectivity index (χ0v) is 17.3. The van der Waals surface area contributed by atoms with Crippen LogP contribution in [0.4, 0.5) is 5.69 Å². The second-order valence-electron chi connectivity index (χ2n) is 6.42. The quantitative estimate of drug-likeness (QED) is 0.651. The predicted octanol–water partition coefficient (Wildman–Crippen LogP) is 2.99. The summed E-state index contributed by atoms with van der Waals surface area (Å²) in [5.74, 6) is -0.309. The Labute approximate surface area is 167 Å². The van der Waals surface area contributed by atoms with Gasteiger partial charge in [-0.2, -0.15) is 0 Å². The molecule has 8 heteroatoms. The average Bonchev–Trinajstić information content (AvgIpc) is 2.56. The van der Waals surface area contributed by atoms with Crippen LogP contribution in [0.15, 0.2) is 47.4 Å². The molecular weight excluding hydrogens is 386 g/mol. The Morgan fingerprint density at radius 3 is 2.41 bits per heavy atom. The number of nitrogens with one attached hydrogen (secondary N) is 2. The third kappa shape index (κ3) is 6.23. The van der Waals surface area contributed by atoms with Gasteiger partial charge in [-0.3, -0.25) is 9.52 Å². The van der Waals surface area contributed by atoms with Crippen LogP contribution in [0.2, 0.25) is 0 Å². The van der Waals surface area contributed by atoms with Crippen LogP contribution in [0.5, 0.6) is 0 Å². The first kappa shape index (κ1) is 23.0. The van der Waals surface area contributed by atoms with E-state index in [0.717, 1.165) is 5.56 Å². The number of carbonyl (C=O) groups excluding carboxylic acids is 1. The van der Waals surface area contributed by atoms with Crippen molar-refractivity contribution in [3.63, 3.8) is 0 Å². The largest absolute Gasteiger partial charge is 0.352 e. The normalized spacial score (nSPS) is 12.0. The van der Waals surface area contributed by atoms with Crippen molar-refractivity contribution >= 4 is 34.0 Å². The van der Waals surface area contributed by atoms with Gasteiger partial charge < -0.3 is 11.1 Å². The van der Waals surface area contributed by atoms with Crippen molar-refractivity contribution in [1.29, 1.82) is 0 Å². The number of para-hydroxylation sites is 1. The number of nitrogens with two attached hydrogens (primary N) is 1. The monoisotopic (exact) mass is 411 g/mol. The molecule has 0 spiro atoms. The molecule has 2 aromatic rings. The Balaban J connectivity index is 0.00000364. The summed E-state index contributed by atoms with van der Waals surface area (Å²) >= 11 is 0. The van der Waals surface area contributed by atoms with Crippen molar-refractivity contribution < 1.29 is 13.2 Å². The molecular formula is C19H26ClN3O3S. The lowest BCUT2D eigenvalue weighted by Gasteiger charge is -2.13. The lowest BCUT2D eigenvalue weighted by atomic mass is 10.1. The minimum Gasteiger partial charge on any atom is -0.352 e. The van der Waals surface area contributed by atoms with Gasteiger partial charge >= 0.3 is 0 Å². The standard InChI is InChI=1S/C19H25N3O3S.ClH/c1-13-8-9-16(12-17(13)19(23)21-11-10-15(3)20)26(24,25)22-18-7-5-4-6-14(18)2;/h4-9,12,15,22H,10-11,20H2,1-3H3,(H,21,23);1H. The highest BCUT2D eigenvalue weighted by atomic mass is 35.5. The summed E-state index contributed by atoms with van der Waals surface area (Å²) in [6.07, 6.45) is 0.650. The smallest absolute Gasteiger partial charge is 0.261 e. The third-order valence-electron chi connectivity index (χ3n) is 4.04. The summed E-state index contributed by atoms with van der Waals surface area (Å²) in [5, 5.41) is 2.77. The van der Waals surface area contributed by atoms with Crippen LogP contribution in [0, 0.1) is 13.8 Å². The van der Waals surface area contributed by atoms with Gasteiger partial charge in [-0.25, -0.2) is 8.42 Å². The van der Waals surface area contributed by atoms with Crippen molar-refractivity contribution in [3.8, 4) is 0 Å². The Bertz CT molecular complexity index is 899. The number of anilines is 1. The Kier molecular flexibility index (Phi) is 8.27. The highest BCUT2D eigenvalue weighted by Gasteiger charge is 2.18. The van der Waals surface area contributed by atoms with Crippen LogP contribution in [-0.4, -0.2) is 26.9 Å². The van der Waals surface area contributed by atoms with Crippen molar-refractivity contribution in [2.75, 3.05) is 11.3 Å². The minimum absolute atomic E-state index is 0. The predicted molar refractivity (Wildman–Crippen MR) is 111 cm³/mol. The first-order valence-electron chi connectivity index (χ1n) is 8.43. The van der Waals surface area contributed by atoms with E-state index in [2.05, 4.69) is 10.0 Å². The maximum atomic E-state index is 12.7. The molecule has 148 valence electrons. The number of hydrogen-bond donors (Lipinski definition) is 3. The van der Waals surface area contributed by atoms with E-state index >= 15 is 0 Å². The van der Waals surface area contributed by atoms with Crippen LogP contribution in [-0.2, 0) is 10.0 Å². The molecule has 0 heterocycles. The van der Waals surface area contributed by atoms with Gasteiger partial charge in [0.1, 0.15) is 0 Å². The summed E-state index contributed by atoms with van der Waals surface area (Å²) in [6.45, 7) is 5.90. The van der Waals surface area contributed by atoms with Gasteiger partial charge in [0.15, 0.2) is 0 Å². The van der Waals surface area contributed by atoms with E-state index in [1.54, 1.807) is 25.1 Å². The van der Waals surface area contributed by atoms with Crippen molar-refractivity contribution in [3.05, 3.63) is 59.2 Å². The second-order valence-corrected chi connectivity index (χ2v) is 8.10. The molecule has 0 saturated heterocycles. The molecule has 0 aliphatic rings. The summed E-state index contributed by atoms with van der Waals surface area (Å²) in [7, 11) is -3.79. The summed E-state index contributed by atoms with van der Waals surface area (Å²) < 4.78 is 27.9. The number of halogens is 1. The number of sulfonamides is 1. The van der Waals surface area contributed by atoms with Gasteiger partial charge in [0, 0.05) is 18.2 Å². The highest BCUT2D eigenvalue weighted by molar-refractivity contribution is 7.92. The van der Waals surface area contributed by atoms with Crippen LogP contribution in [0.3, 0.4) is 0 Å². The van der Waals surface area contributed by atoms with Gasteiger partial charge in [-0.05, 0) is 56.5 Å². The molecule has 27 heavy (non-hydrogen) atoms. The zero-order valence-electron chi connectivity index (χ0n) is 15.7. The summed E-state index contributed by atoms with van der Waals surface area (Å²) in [6, 6.07) is 11.6. The molecule has 0 aliphatic carbocycles. The first-order chi connectivity index (χ1) is 12.2. The fourth-order valence-electron chi connectivity index (χ4n) is 2.41. The molecule has 0 aromatic heterocycles. The zero-order chi connectivity index (χ0) is 19.3. The molecule has 0 radical (unpaired) electrons. The van der Waals surface area contributed by atoms with Gasteiger partial charge in [0.05, 0.1) is 10.6 Å². The molecule has 2 rings (SSSR count). The first-order valence-corrected chi connectivity index (χ1v) is 9.92. The van der Waals surface area contributed by atoms with E-state index in [4.69, 9.17) is 5.73 Å². The lowest BCUT2D eigenvalue weighted by molar-refractivity contribution is 0.0952. The number of rotatable bonds is 7. The molecule has 2 aromatic carbocycles. The minimum atomic E-state index is -3.79. The molecule has 0 bridgehead atoms. The maximum Gasteiger partial charge on any atom is 0.261 e. The highest BCUT2D eigenvalue weighted by Crippen LogP contribution is 2.21. The Morgan fingerprint density at radius 1 is 1.11 bits per heavy atom. The van der Waals surface area contributed by atoms with Gasteiger partial charge in [-0.1, -0.05) is 24.3 Å². The molecule has 1 amide bonds. The van der Waals surface area contributed by atoms with E-state index < -0.39 is 10.0 Å². The summed E-state index contributed by atoms with van der Waals surface area (Å²) in [4.78, 5) is 12.4. The van der Waals surface area contributed by atoms with Gasteiger partial charge in [0.2, 0.25) is 0 Å². The van der Waals surface area contributed by atoms with E-state index in [-0.39, 0.29) is 29.3 Å². The number of benzene rings is 2. The fourth-order valence-corrected chi connectivity index (χ4v) is 3.57. The molecule has 1 unspecified atom stereocenters. The number of hydrogen-bond acceptors (Lipinski definition) is 4. The van der Waals surface area contributed by atoms with Crippen LogP contribution in [0.25, 0.3) is 0 Å². The Hall–Kier alpha value is -2.09. The van der Waals surface area contributed by atoms with Gasteiger partial charge in [-0.15, -0.1) is 12.4 Å². The third-order valence-corrected chi connectivity index (χ3v) is 5.40. The molecule has 6 nitrogen and oxygen atoms in total. The fraction of sp³-hybridized carbons (Fsp3) is 0.316. The molecule has 0 saturated carbocycles. The van der Waals surface area contributed by atoms with Crippen molar-refractivity contribution in [2.45, 2.75) is 38.1 Å². The maximum absolute atomic E-state index is 12.7. The van der Waals surface area contributed by atoms with Gasteiger partial charge in [0.25, 0.3) is 15.9 Å². The number of aryl methyl sites for hydroxylation is 2. The van der Waals surface area contributed by atoms with E-state index in [0.29, 0.717) is 29.8 Å². The SMILES string of the molecule is Cc1ccccc1NS(=O)(=O)c1ccc(C)c(C(=O)NCCC(C)N)c1.Cl. The lowest BCUT2D eigenvalue weighted by Crippen LogP contribution is -2.29. The van der Waals surface area contributed by atoms with E-state index in [1.165, 1.54) is 12.1 Å². The van der Waals surface area contributed by atoms with Crippen molar-refractivity contribution in [1.82, 2.24) is 5.32 Å². The molecule has 0 aliphatic heterocycles. The van der Waals surface area contributed by atoms with Crippen molar-refractivity contribution in [2.24, 2.45) is 5.73 Å². The van der Waals surface area contributed by atoms with Crippen LogP contribution >= 0.6 is 12.4 Å². The summed E-state index contributed by atoms with van der Waals surface area (Å²) in [5.41, 5.74) is 8.04. The molecule has 0 fully saturated rings. The molecule has 4 N–H and O–H groups in total. The second kappa shape index (κ2) is 9.73. The van der Waals surface area contributed by atoms with E-state index in [9.17, 15) is 13.2 Å². The van der Waals surface area contributed by atoms with Crippen LogP contribution in [0.1, 0.15) is 34.8 Å².